The highest BCUT2D eigenvalue weighted by Gasteiger charge is 2.29. The molecule has 0 bridgehead atoms. The van der Waals surface area contributed by atoms with Crippen molar-refractivity contribution in [3.05, 3.63) is 78.6 Å². The summed E-state index contributed by atoms with van der Waals surface area (Å²) in [5.74, 6) is 1.31. The van der Waals surface area contributed by atoms with Crippen LogP contribution in [0.2, 0.25) is 0 Å². The Morgan fingerprint density at radius 2 is 1.77 bits per heavy atom. The van der Waals surface area contributed by atoms with E-state index in [0.29, 0.717) is 18.7 Å². The summed E-state index contributed by atoms with van der Waals surface area (Å²) >= 11 is 0. The molecule has 7 nitrogen and oxygen atoms in total. The first-order valence-corrected chi connectivity index (χ1v) is 10.8. The third-order valence-corrected chi connectivity index (χ3v) is 6.17. The second-order valence-corrected chi connectivity index (χ2v) is 8.34. The lowest BCUT2D eigenvalue weighted by Gasteiger charge is -2.07. The molecule has 0 saturated heterocycles. The van der Waals surface area contributed by atoms with Gasteiger partial charge in [0.15, 0.2) is 5.76 Å². The zero-order chi connectivity index (χ0) is 21.0. The molecule has 0 saturated carbocycles. The van der Waals surface area contributed by atoms with Gasteiger partial charge in [-0.1, -0.05) is 30.3 Å². The van der Waals surface area contributed by atoms with Crippen LogP contribution in [-0.4, -0.2) is 27.1 Å². The van der Waals surface area contributed by atoms with E-state index in [0.717, 1.165) is 11.3 Å². The highest BCUT2D eigenvalue weighted by Crippen LogP contribution is 2.32. The summed E-state index contributed by atoms with van der Waals surface area (Å²) in [6.45, 7) is 0.455. The van der Waals surface area contributed by atoms with Crippen LogP contribution in [0.1, 0.15) is 5.56 Å². The topological polar surface area (TPSA) is 94.6 Å². The first-order chi connectivity index (χ1) is 14.6. The molecule has 0 aliphatic heterocycles. The molecule has 0 amide bonds. The van der Waals surface area contributed by atoms with Gasteiger partial charge in [-0.05, 0) is 48.4 Å². The minimum absolute atomic E-state index is 0.0822. The van der Waals surface area contributed by atoms with E-state index in [1.165, 1.54) is 18.4 Å². The number of benzene rings is 2. The van der Waals surface area contributed by atoms with E-state index in [9.17, 15) is 8.42 Å². The molecule has 2 heterocycles. The van der Waals surface area contributed by atoms with Gasteiger partial charge in [-0.15, -0.1) is 0 Å². The lowest BCUT2D eigenvalue weighted by atomic mass is 10.1. The first kappa shape index (κ1) is 19.8. The molecule has 4 rings (SSSR count). The smallest absolute Gasteiger partial charge is 0.266 e. The lowest BCUT2D eigenvalue weighted by molar-refractivity contribution is 0.414. The Morgan fingerprint density at radius 3 is 2.43 bits per heavy atom. The number of hydrogen-bond donors (Lipinski definition) is 1. The van der Waals surface area contributed by atoms with Gasteiger partial charge in [-0.2, -0.15) is 4.98 Å². The molecular weight excluding hydrogens is 404 g/mol. The third-order valence-electron chi connectivity index (χ3n) is 4.49. The summed E-state index contributed by atoms with van der Waals surface area (Å²) in [5.41, 5.74) is 1.07. The molecule has 2 aromatic heterocycles. The SMILES string of the molecule is COc1ccc(CCNc2oc(-c3ccco3)nc2S(=O)(=O)c2ccccc2)cc1. The minimum Gasteiger partial charge on any atom is -0.497 e. The van der Waals surface area contributed by atoms with Gasteiger partial charge in [0, 0.05) is 6.54 Å². The average molecular weight is 424 g/mol. The maximum atomic E-state index is 13.1. The highest BCUT2D eigenvalue weighted by atomic mass is 32.2. The zero-order valence-electron chi connectivity index (χ0n) is 16.2. The summed E-state index contributed by atoms with van der Waals surface area (Å²) in [6, 6.07) is 19.1. The molecule has 4 aromatic rings. The summed E-state index contributed by atoms with van der Waals surface area (Å²) < 4.78 is 42.5. The molecule has 8 heteroatoms. The molecule has 0 unspecified atom stereocenters. The van der Waals surface area contributed by atoms with Crippen molar-refractivity contribution in [2.45, 2.75) is 16.3 Å². The molecule has 0 aliphatic carbocycles. The molecule has 0 spiro atoms. The number of furan rings is 1. The molecule has 0 fully saturated rings. The number of hydrogen-bond acceptors (Lipinski definition) is 7. The highest BCUT2D eigenvalue weighted by molar-refractivity contribution is 7.91. The van der Waals surface area contributed by atoms with Crippen molar-refractivity contribution in [1.29, 1.82) is 0 Å². The van der Waals surface area contributed by atoms with E-state index in [1.54, 1.807) is 37.4 Å². The molecule has 1 N–H and O–H groups in total. The Balaban J connectivity index is 1.61. The Hall–Kier alpha value is -3.52. The maximum absolute atomic E-state index is 13.1. The fourth-order valence-electron chi connectivity index (χ4n) is 2.93. The fraction of sp³-hybridized carbons (Fsp3) is 0.136. The van der Waals surface area contributed by atoms with Crippen molar-refractivity contribution in [2.75, 3.05) is 19.0 Å². The summed E-state index contributed by atoms with van der Waals surface area (Å²) in [7, 11) is -2.25. The van der Waals surface area contributed by atoms with Crippen molar-refractivity contribution in [3.8, 4) is 17.4 Å². The first-order valence-electron chi connectivity index (χ1n) is 9.29. The summed E-state index contributed by atoms with van der Waals surface area (Å²) in [5, 5.41) is 2.90. The number of oxazole rings is 1. The number of aromatic nitrogens is 1. The lowest BCUT2D eigenvalue weighted by Crippen LogP contribution is -2.09. The van der Waals surface area contributed by atoms with Gasteiger partial charge in [0.1, 0.15) is 5.75 Å². The number of anilines is 1. The van der Waals surface area contributed by atoms with Crippen LogP contribution >= 0.6 is 0 Å². The number of rotatable bonds is 8. The van der Waals surface area contributed by atoms with Crippen molar-refractivity contribution >= 4 is 15.7 Å². The van der Waals surface area contributed by atoms with Gasteiger partial charge < -0.3 is 18.9 Å². The number of nitrogens with one attached hydrogen (secondary N) is 1. The van der Waals surface area contributed by atoms with Crippen LogP contribution in [-0.2, 0) is 16.3 Å². The van der Waals surface area contributed by atoms with E-state index in [4.69, 9.17) is 13.6 Å². The second-order valence-electron chi connectivity index (χ2n) is 6.47. The van der Waals surface area contributed by atoms with E-state index in [1.807, 2.05) is 24.3 Å². The fourth-order valence-corrected chi connectivity index (χ4v) is 4.23. The van der Waals surface area contributed by atoms with Gasteiger partial charge in [-0.25, -0.2) is 8.42 Å². The van der Waals surface area contributed by atoms with Crippen LogP contribution in [0, 0.1) is 0 Å². The standard InChI is InChI=1S/C22H20N2O5S/c1-27-17-11-9-16(10-12-17)13-14-23-21-22(24-20(29-21)19-8-5-15-28-19)30(25,26)18-6-3-2-4-7-18/h2-12,15,23H,13-14H2,1H3. The molecule has 0 atom stereocenters. The molecule has 0 aliphatic rings. The zero-order valence-corrected chi connectivity index (χ0v) is 17.1. The predicted molar refractivity (Wildman–Crippen MR) is 111 cm³/mol. The molecule has 0 radical (unpaired) electrons. The monoisotopic (exact) mass is 424 g/mol. The van der Waals surface area contributed by atoms with Crippen molar-refractivity contribution in [2.24, 2.45) is 0 Å². The van der Waals surface area contributed by atoms with Crippen LogP contribution in [0.4, 0.5) is 5.88 Å². The van der Waals surface area contributed by atoms with Crippen LogP contribution in [0.25, 0.3) is 11.7 Å². The van der Waals surface area contributed by atoms with E-state index in [2.05, 4.69) is 10.3 Å². The number of nitrogens with zero attached hydrogens (tertiary/aromatic N) is 1. The molecule has 2 aromatic carbocycles. The van der Waals surface area contributed by atoms with Crippen LogP contribution in [0.3, 0.4) is 0 Å². The average Bonchev–Trinajstić information content (AvgIpc) is 3.45. The molecular formula is C22H20N2O5S. The van der Waals surface area contributed by atoms with Gasteiger partial charge in [0.2, 0.25) is 20.7 Å². The Morgan fingerprint density at radius 1 is 1.00 bits per heavy atom. The largest absolute Gasteiger partial charge is 0.497 e. The quantitative estimate of drug-likeness (QED) is 0.447. The Kier molecular flexibility index (Phi) is 5.58. The van der Waals surface area contributed by atoms with Gasteiger partial charge >= 0.3 is 0 Å². The number of sulfone groups is 1. The third kappa shape index (κ3) is 4.08. The molecule has 154 valence electrons. The Labute approximate surface area is 174 Å². The molecule has 30 heavy (non-hydrogen) atoms. The minimum atomic E-state index is -3.87. The van der Waals surface area contributed by atoms with Crippen molar-refractivity contribution in [1.82, 2.24) is 4.98 Å². The van der Waals surface area contributed by atoms with E-state index in [-0.39, 0.29) is 21.7 Å². The van der Waals surface area contributed by atoms with E-state index < -0.39 is 9.84 Å². The van der Waals surface area contributed by atoms with Crippen molar-refractivity contribution < 1.29 is 22.0 Å². The normalized spacial score (nSPS) is 11.4. The van der Waals surface area contributed by atoms with Crippen LogP contribution in [0.5, 0.6) is 5.75 Å². The second kappa shape index (κ2) is 8.46. The predicted octanol–water partition coefficient (Wildman–Crippen LogP) is 4.43. The van der Waals surface area contributed by atoms with Gasteiger partial charge in [0.25, 0.3) is 5.89 Å². The van der Waals surface area contributed by atoms with Crippen LogP contribution in [0.15, 0.2) is 91.7 Å². The van der Waals surface area contributed by atoms with Crippen molar-refractivity contribution in [3.63, 3.8) is 0 Å². The number of ether oxygens (including phenoxy) is 1. The Bertz CT molecular complexity index is 1200. The maximum Gasteiger partial charge on any atom is 0.266 e. The summed E-state index contributed by atoms with van der Waals surface area (Å²) in [6.07, 6.45) is 2.13. The van der Waals surface area contributed by atoms with E-state index >= 15 is 0 Å². The van der Waals surface area contributed by atoms with Gasteiger partial charge in [-0.3, -0.25) is 0 Å². The summed E-state index contributed by atoms with van der Waals surface area (Å²) in [4.78, 5) is 4.36. The van der Waals surface area contributed by atoms with Gasteiger partial charge in [0.05, 0.1) is 18.3 Å². The number of methoxy groups -OCH3 is 1. The van der Waals surface area contributed by atoms with Crippen LogP contribution < -0.4 is 10.1 Å².